The molecule has 0 radical (unpaired) electrons. The Morgan fingerprint density at radius 2 is 2.00 bits per heavy atom. The van der Waals surface area contributed by atoms with Gasteiger partial charge in [0.2, 0.25) is 11.8 Å². The zero-order valence-corrected chi connectivity index (χ0v) is 13.9. The first-order chi connectivity index (χ1) is 9.90. The van der Waals surface area contributed by atoms with Crippen molar-refractivity contribution in [2.75, 3.05) is 0 Å². The molecule has 1 saturated heterocycles. The van der Waals surface area contributed by atoms with Crippen molar-refractivity contribution in [3.8, 4) is 0 Å². The molecule has 2 atom stereocenters. The number of nitrogens with zero attached hydrogens (tertiary/aromatic N) is 1. The Morgan fingerprint density at radius 1 is 1.29 bits per heavy atom. The standard InChI is InChI=1S/C16H24N2O2S/c1-10(2)7-13-15(19)17-14(11(3)4)16(20)18(13)8-12-5-6-21-9-12/h5-6,9-11,13-14H,7-8H2,1-4H3,(H,17,19). The van der Waals surface area contributed by atoms with Crippen LogP contribution in [0.25, 0.3) is 0 Å². The lowest BCUT2D eigenvalue weighted by molar-refractivity contribution is -0.152. The molecule has 4 nitrogen and oxygen atoms in total. The van der Waals surface area contributed by atoms with Crippen LogP contribution in [0.1, 0.15) is 39.7 Å². The first kappa shape index (κ1) is 16.0. The second kappa shape index (κ2) is 6.60. The summed E-state index contributed by atoms with van der Waals surface area (Å²) < 4.78 is 0. The Labute approximate surface area is 130 Å². The van der Waals surface area contributed by atoms with E-state index in [1.54, 1.807) is 16.2 Å². The molecule has 1 aliphatic heterocycles. The Hall–Kier alpha value is -1.36. The van der Waals surface area contributed by atoms with Crippen molar-refractivity contribution in [1.82, 2.24) is 10.2 Å². The summed E-state index contributed by atoms with van der Waals surface area (Å²) in [5.41, 5.74) is 1.10. The van der Waals surface area contributed by atoms with Gasteiger partial charge in [0.1, 0.15) is 12.1 Å². The van der Waals surface area contributed by atoms with Crippen LogP contribution in [-0.2, 0) is 16.1 Å². The highest BCUT2D eigenvalue weighted by Gasteiger charge is 2.41. The van der Waals surface area contributed by atoms with E-state index in [2.05, 4.69) is 19.2 Å². The third-order valence-corrected chi connectivity index (χ3v) is 4.55. The van der Waals surface area contributed by atoms with Crippen molar-refractivity contribution >= 4 is 23.2 Å². The number of carbonyl (C=O) groups excluding carboxylic acids is 2. The number of amides is 2. The van der Waals surface area contributed by atoms with Crippen molar-refractivity contribution in [2.45, 2.75) is 52.7 Å². The predicted molar refractivity (Wildman–Crippen MR) is 84.9 cm³/mol. The molecule has 1 aromatic heterocycles. The second-order valence-electron chi connectivity index (χ2n) is 6.47. The van der Waals surface area contributed by atoms with Crippen LogP contribution >= 0.6 is 11.3 Å². The zero-order valence-electron chi connectivity index (χ0n) is 13.1. The highest BCUT2D eigenvalue weighted by molar-refractivity contribution is 7.07. The van der Waals surface area contributed by atoms with Crippen LogP contribution in [0.2, 0.25) is 0 Å². The maximum atomic E-state index is 12.7. The summed E-state index contributed by atoms with van der Waals surface area (Å²) in [5.74, 6) is 0.499. The molecular weight excluding hydrogens is 284 g/mol. The molecule has 5 heteroatoms. The summed E-state index contributed by atoms with van der Waals surface area (Å²) in [6.07, 6.45) is 0.701. The fraction of sp³-hybridized carbons (Fsp3) is 0.625. The molecule has 2 heterocycles. The number of hydrogen-bond acceptors (Lipinski definition) is 3. The van der Waals surface area contributed by atoms with E-state index in [-0.39, 0.29) is 23.8 Å². The number of rotatable bonds is 5. The lowest BCUT2D eigenvalue weighted by Crippen LogP contribution is -2.64. The van der Waals surface area contributed by atoms with Gasteiger partial charge in [-0.05, 0) is 40.6 Å². The number of nitrogens with one attached hydrogen (secondary N) is 1. The lowest BCUT2D eigenvalue weighted by Gasteiger charge is -2.41. The molecule has 21 heavy (non-hydrogen) atoms. The van der Waals surface area contributed by atoms with Gasteiger partial charge >= 0.3 is 0 Å². The fourth-order valence-electron chi connectivity index (χ4n) is 2.69. The van der Waals surface area contributed by atoms with E-state index in [4.69, 9.17) is 0 Å². The van der Waals surface area contributed by atoms with Crippen LogP contribution in [0.5, 0.6) is 0 Å². The van der Waals surface area contributed by atoms with Crippen LogP contribution < -0.4 is 5.32 Å². The van der Waals surface area contributed by atoms with Crippen LogP contribution in [-0.4, -0.2) is 28.8 Å². The van der Waals surface area contributed by atoms with Crippen molar-refractivity contribution in [3.05, 3.63) is 22.4 Å². The molecule has 1 aliphatic rings. The molecule has 1 aromatic rings. The van der Waals surface area contributed by atoms with Gasteiger partial charge in [0.05, 0.1) is 0 Å². The van der Waals surface area contributed by atoms with Crippen molar-refractivity contribution in [3.63, 3.8) is 0 Å². The number of thiophene rings is 1. The summed E-state index contributed by atoms with van der Waals surface area (Å²) in [6, 6.07) is 1.26. The van der Waals surface area contributed by atoms with Crippen LogP contribution in [0, 0.1) is 11.8 Å². The van der Waals surface area contributed by atoms with Gasteiger partial charge in [0.15, 0.2) is 0 Å². The predicted octanol–water partition coefficient (Wildman–Crippen LogP) is 2.65. The van der Waals surface area contributed by atoms with E-state index in [0.29, 0.717) is 18.9 Å². The second-order valence-corrected chi connectivity index (χ2v) is 7.25. The van der Waals surface area contributed by atoms with E-state index in [9.17, 15) is 9.59 Å². The highest BCUT2D eigenvalue weighted by atomic mass is 32.1. The average Bonchev–Trinajstić information content (AvgIpc) is 2.89. The van der Waals surface area contributed by atoms with Gasteiger partial charge < -0.3 is 10.2 Å². The summed E-state index contributed by atoms with van der Waals surface area (Å²) in [4.78, 5) is 26.9. The van der Waals surface area contributed by atoms with Gasteiger partial charge in [0, 0.05) is 6.54 Å². The van der Waals surface area contributed by atoms with Crippen LogP contribution in [0.4, 0.5) is 0 Å². The van der Waals surface area contributed by atoms with Gasteiger partial charge in [0.25, 0.3) is 0 Å². The van der Waals surface area contributed by atoms with E-state index in [1.807, 2.05) is 30.7 Å². The molecule has 2 unspecified atom stereocenters. The minimum Gasteiger partial charge on any atom is -0.342 e. The number of hydrogen-bond donors (Lipinski definition) is 1. The van der Waals surface area contributed by atoms with E-state index >= 15 is 0 Å². The minimum absolute atomic E-state index is 0.0165. The molecule has 2 rings (SSSR count). The fourth-order valence-corrected chi connectivity index (χ4v) is 3.34. The van der Waals surface area contributed by atoms with Gasteiger partial charge in [-0.25, -0.2) is 0 Å². The van der Waals surface area contributed by atoms with Gasteiger partial charge in [-0.1, -0.05) is 27.7 Å². The van der Waals surface area contributed by atoms with Crippen molar-refractivity contribution < 1.29 is 9.59 Å². The third-order valence-electron chi connectivity index (χ3n) is 3.82. The molecule has 1 fully saturated rings. The Bertz CT molecular complexity index is 496. The largest absolute Gasteiger partial charge is 0.342 e. The molecule has 0 spiro atoms. The maximum absolute atomic E-state index is 12.7. The molecule has 0 aromatic carbocycles. The first-order valence-electron chi connectivity index (χ1n) is 7.52. The maximum Gasteiger partial charge on any atom is 0.246 e. The van der Waals surface area contributed by atoms with E-state index < -0.39 is 6.04 Å². The third kappa shape index (κ3) is 3.64. The molecule has 0 aliphatic carbocycles. The summed E-state index contributed by atoms with van der Waals surface area (Å²) in [7, 11) is 0. The molecule has 0 saturated carbocycles. The highest BCUT2D eigenvalue weighted by Crippen LogP contribution is 2.23. The molecular formula is C16H24N2O2S. The SMILES string of the molecule is CC(C)CC1C(=O)NC(C(C)C)C(=O)N1Cc1ccsc1. The van der Waals surface area contributed by atoms with Gasteiger partial charge in [-0.3, -0.25) is 9.59 Å². The normalized spacial score (nSPS) is 23.0. The summed E-state index contributed by atoms with van der Waals surface area (Å²) in [6.45, 7) is 8.61. The molecule has 1 N–H and O–H groups in total. The van der Waals surface area contributed by atoms with Gasteiger partial charge in [-0.2, -0.15) is 11.3 Å². The lowest BCUT2D eigenvalue weighted by atomic mass is 9.93. The van der Waals surface area contributed by atoms with E-state index in [1.165, 1.54) is 0 Å². The average molecular weight is 308 g/mol. The Morgan fingerprint density at radius 3 is 2.52 bits per heavy atom. The summed E-state index contributed by atoms with van der Waals surface area (Å²) >= 11 is 1.61. The van der Waals surface area contributed by atoms with E-state index in [0.717, 1.165) is 5.56 Å². The Kier molecular flexibility index (Phi) is 5.04. The van der Waals surface area contributed by atoms with Gasteiger partial charge in [-0.15, -0.1) is 0 Å². The minimum atomic E-state index is -0.403. The number of piperazine rings is 1. The van der Waals surface area contributed by atoms with Crippen molar-refractivity contribution in [2.24, 2.45) is 11.8 Å². The monoisotopic (exact) mass is 308 g/mol. The van der Waals surface area contributed by atoms with Crippen molar-refractivity contribution in [1.29, 1.82) is 0 Å². The first-order valence-corrected chi connectivity index (χ1v) is 8.46. The molecule has 2 amide bonds. The Balaban J connectivity index is 2.25. The van der Waals surface area contributed by atoms with Crippen LogP contribution in [0.3, 0.4) is 0 Å². The molecule has 0 bridgehead atoms. The zero-order chi connectivity index (χ0) is 15.6. The van der Waals surface area contributed by atoms with Crippen LogP contribution in [0.15, 0.2) is 16.8 Å². The molecule has 116 valence electrons. The smallest absolute Gasteiger partial charge is 0.246 e. The quantitative estimate of drug-likeness (QED) is 0.909. The summed E-state index contributed by atoms with van der Waals surface area (Å²) in [5, 5.41) is 6.94. The topological polar surface area (TPSA) is 49.4 Å². The number of carbonyl (C=O) groups is 2.